The fourth-order valence-corrected chi connectivity index (χ4v) is 4.95. The van der Waals surface area contributed by atoms with Crippen molar-refractivity contribution in [1.29, 1.82) is 0 Å². The fourth-order valence-electron chi connectivity index (χ4n) is 4.67. The number of nitrogens with zero attached hydrogens (tertiary/aromatic N) is 1. The molecule has 3 aromatic rings. The molecule has 0 amide bonds. The van der Waals surface area contributed by atoms with Gasteiger partial charge in [0.2, 0.25) is 0 Å². The molecule has 1 fully saturated rings. The quantitative estimate of drug-likeness (QED) is 0.349. The van der Waals surface area contributed by atoms with Crippen LogP contribution in [0.5, 0.6) is 5.75 Å². The van der Waals surface area contributed by atoms with Gasteiger partial charge in [0.15, 0.2) is 24.5 Å². The van der Waals surface area contributed by atoms with Gasteiger partial charge in [0.1, 0.15) is 11.9 Å². The summed E-state index contributed by atoms with van der Waals surface area (Å²) < 4.78 is 29.4. The minimum atomic E-state index is -1.19. The summed E-state index contributed by atoms with van der Waals surface area (Å²) in [6.07, 6.45) is -3.80. The lowest BCUT2D eigenvalue weighted by atomic mass is 10.0. The monoisotopic (exact) mass is 545 g/mol. The first kappa shape index (κ1) is 27.4. The molecule has 2 aromatic carbocycles. The average molecular weight is 546 g/mol. The zero-order valence-corrected chi connectivity index (χ0v) is 22.0. The number of rotatable bonds is 7. The van der Waals surface area contributed by atoms with Gasteiger partial charge in [-0.3, -0.25) is 14.4 Å². The number of carbonyl (C=O) groups excluding carboxylic acids is 3. The minimum Gasteiger partial charge on any atom is -0.497 e. The molecule has 1 unspecified atom stereocenters. The number of fused-ring (bicyclic) bond motifs is 1. The first-order chi connectivity index (χ1) is 18.1. The number of hydrogen-bond acceptors (Lipinski definition) is 9. The predicted molar refractivity (Wildman–Crippen MR) is 136 cm³/mol. The summed E-state index contributed by atoms with van der Waals surface area (Å²) in [7, 11) is 1.53. The second kappa shape index (κ2) is 11.4. The van der Waals surface area contributed by atoms with Gasteiger partial charge in [0.05, 0.1) is 24.3 Å². The molecule has 202 valence electrons. The molecule has 10 nitrogen and oxygen atoms in total. The van der Waals surface area contributed by atoms with Crippen molar-refractivity contribution in [2.24, 2.45) is 0 Å². The highest BCUT2D eigenvalue weighted by Gasteiger charge is 2.48. The maximum absolute atomic E-state index is 12.1. The third-order valence-corrected chi connectivity index (χ3v) is 6.45. The molecule has 0 radical (unpaired) electrons. The number of ether oxygens (including phenoxy) is 5. The van der Waals surface area contributed by atoms with Crippen LogP contribution in [0.2, 0.25) is 5.02 Å². The van der Waals surface area contributed by atoms with Crippen molar-refractivity contribution in [1.82, 2.24) is 4.57 Å². The maximum Gasteiger partial charge on any atom is 0.303 e. The first-order valence-corrected chi connectivity index (χ1v) is 12.2. The zero-order chi connectivity index (χ0) is 27.6. The van der Waals surface area contributed by atoms with E-state index in [1.807, 2.05) is 0 Å². The molecule has 0 spiro atoms. The van der Waals surface area contributed by atoms with E-state index in [-0.39, 0.29) is 6.61 Å². The second-order valence-electron chi connectivity index (χ2n) is 8.82. The molecular formula is C27H28ClNO9. The molecule has 11 heteroatoms. The minimum absolute atomic E-state index is 0.145. The highest BCUT2D eigenvalue weighted by molar-refractivity contribution is 6.35. The predicted octanol–water partition coefficient (Wildman–Crippen LogP) is 3.71. The molecule has 38 heavy (non-hydrogen) atoms. The average Bonchev–Trinajstić information content (AvgIpc) is 3.25. The zero-order valence-electron chi connectivity index (χ0n) is 21.3. The Morgan fingerprint density at radius 3 is 2.32 bits per heavy atom. The van der Waals surface area contributed by atoms with E-state index in [1.165, 1.54) is 27.9 Å². The van der Waals surface area contributed by atoms with Crippen LogP contribution in [0, 0.1) is 0 Å². The summed E-state index contributed by atoms with van der Waals surface area (Å²) in [5.74, 6) is -1.35. The SMILES string of the molecule is COc1cccc(C(O)c2cn([C@@H]3OC[C@@H](OC(C)=O)[C@H](OC(C)=O)[C@H]3OC(C)=O)c3cccc(Cl)c23)c1. The van der Waals surface area contributed by atoms with Crippen molar-refractivity contribution in [2.75, 3.05) is 13.7 Å². The van der Waals surface area contributed by atoms with Crippen LogP contribution in [0.15, 0.2) is 48.7 Å². The van der Waals surface area contributed by atoms with Gasteiger partial charge in [-0.1, -0.05) is 29.8 Å². The molecule has 1 aliphatic rings. The Bertz CT molecular complexity index is 1350. The Hall–Kier alpha value is -3.60. The van der Waals surface area contributed by atoms with Gasteiger partial charge in [-0.05, 0) is 29.8 Å². The molecule has 0 saturated carbocycles. The highest BCUT2D eigenvalue weighted by Crippen LogP contribution is 2.40. The molecule has 1 aliphatic heterocycles. The van der Waals surface area contributed by atoms with E-state index in [1.54, 1.807) is 53.2 Å². The van der Waals surface area contributed by atoms with E-state index in [4.69, 9.17) is 35.3 Å². The second-order valence-corrected chi connectivity index (χ2v) is 9.23. The maximum atomic E-state index is 12.1. The Labute approximate surface area is 223 Å². The summed E-state index contributed by atoms with van der Waals surface area (Å²) in [4.78, 5) is 35.8. The van der Waals surface area contributed by atoms with E-state index in [2.05, 4.69) is 0 Å². The summed E-state index contributed by atoms with van der Waals surface area (Å²) in [6.45, 7) is 3.48. The van der Waals surface area contributed by atoms with Gasteiger partial charge >= 0.3 is 17.9 Å². The summed E-state index contributed by atoms with van der Waals surface area (Å²) in [5.41, 5.74) is 1.61. The molecule has 2 heterocycles. The third-order valence-electron chi connectivity index (χ3n) is 6.14. The van der Waals surface area contributed by atoms with Crippen LogP contribution in [0.4, 0.5) is 0 Å². The summed E-state index contributed by atoms with van der Waals surface area (Å²) in [6, 6.07) is 12.2. The van der Waals surface area contributed by atoms with Gasteiger partial charge in [-0.25, -0.2) is 0 Å². The lowest BCUT2D eigenvalue weighted by Crippen LogP contribution is -2.55. The van der Waals surface area contributed by atoms with Gasteiger partial charge < -0.3 is 33.4 Å². The number of aromatic nitrogens is 1. The molecule has 5 atom stereocenters. The highest BCUT2D eigenvalue weighted by atomic mass is 35.5. The fraction of sp³-hybridized carbons (Fsp3) is 0.370. The molecule has 0 aliphatic carbocycles. The Morgan fingerprint density at radius 2 is 1.66 bits per heavy atom. The number of methoxy groups -OCH3 is 1. The Morgan fingerprint density at radius 1 is 1.00 bits per heavy atom. The number of aliphatic hydroxyl groups is 1. The lowest BCUT2D eigenvalue weighted by molar-refractivity contribution is -0.239. The molecule has 0 bridgehead atoms. The summed E-state index contributed by atoms with van der Waals surface area (Å²) in [5, 5.41) is 12.3. The Balaban J connectivity index is 1.84. The number of carbonyl (C=O) groups is 3. The normalized spacial score (nSPS) is 21.9. The van der Waals surface area contributed by atoms with Crippen molar-refractivity contribution in [3.05, 3.63) is 64.8 Å². The van der Waals surface area contributed by atoms with Crippen LogP contribution in [0.3, 0.4) is 0 Å². The van der Waals surface area contributed by atoms with E-state index in [0.717, 1.165) is 0 Å². The Kier molecular flexibility index (Phi) is 8.25. The number of esters is 3. The molecule has 1 aromatic heterocycles. The lowest BCUT2D eigenvalue weighted by Gasteiger charge is -2.41. The van der Waals surface area contributed by atoms with Crippen molar-refractivity contribution in [3.8, 4) is 5.75 Å². The van der Waals surface area contributed by atoms with E-state index in [9.17, 15) is 19.5 Å². The number of aliphatic hydroxyl groups excluding tert-OH is 1. The standard InChI is InChI=1S/C27H28ClNO9/c1-14(30)36-22-13-35-27(26(38-16(3)32)25(22)37-15(2)31)29-12-19(23-20(28)9-6-10-21(23)29)24(33)17-7-5-8-18(11-17)34-4/h5-12,22,24-27,33H,13H2,1-4H3/t22-,24?,25+,26-,27-/m1/s1. The van der Waals surface area contributed by atoms with Gasteiger partial charge in [0.25, 0.3) is 0 Å². The molecular weight excluding hydrogens is 518 g/mol. The number of hydrogen-bond donors (Lipinski definition) is 1. The van der Waals surface area contributed by atoms with Crippen LogP contribution in [0.1, 0.15) is 44.2 Å². The van der Waals surface area contributed by atoms with Crippen LogP contribution >= 0.6 is 11.6 Å². The first-order valence-electron chi connectivity index (χ1n) is 11.8. The topological polar surface area (TPSA) is 123 Å². The van der Waals surface area contributed by atoms with Gasteiger partial charge in [0, 0.05) is 37.9 Å². The van der Waals surface area contributed by atoms with E-state index in [0.29, 0.717) is 32.8 Å². The molecule has 1 N–H and O–H groups in total. The van der Waals surface area contributed by atoms with Crippen molar-refractivity contribution < 1.29 is 43.2 Å². The van der Waals surface area contributed by atoms with Crippen molar-refractivity contribution in [2.45, 2.75) is 51.4 Å². The van der Waals surface area contributed by atoms with Crippen LogP contribution in [-0.2, 0) is 33.3 Å². The summed E-state index contributed by atoms with van der Waals surface area (Å²) >= 11 is 6.60. The van der Waals surface area contributed by atoms with Crippen molar-refractivity contribution >= 4 is 40.4 Å². The van der Waals surface area contributed by atoms with Crippen LogP contribution in [-0.4, -0.2) is 59.6 Å². The molecule has 4 rings (SSSR count). The third kappa shape index (κ3) is 5.62. The van der Waals surface area contributed by atoms with Crippen LogP contribution < -0.4 is 4.74 Å². The number of halogens is 1. The number of benzene rings is 2. The largest absolute Gasteiger partial charge is 0.497 e. The van der Waals surface area contributed by atoms with Crippen LogP contribution in [0.25, 0.3) is 10.9 Å². The van der Waals surface area contributed by atoms with Gasteiger partial charge in [-0.15, -0.1) is 0 Å². The van der Waals surface area contributed by atoms with E-state index < -0.39 is 48.6 Å². The van der Waals surface area contributed by atoms with E-state index >= 15 is 0 Å². The van der Waals surface area contributed by atoms with Gasteiger partial charge in [-0.2, -0.15) is 0 Å². The smallest absolute Gasteiger partial charge is 0.303 e. The molecule has 1 saturated heterocycles. The van der Waals surface area contributed by atoms with Crippen molar-refractivity contribution in [3.63, 3.8) is 0 Å².